The van der Waals surface area contributed by atoms with Crippen LogP contribution in [0.1, 0.15) is 0 Å². The number of carbonyl (C=O) groups is 1. The molecule has 1 aromatic heterocycles. The molecule has 0 radical (unpaired) electrons. The molecular formula is C12H12ClN5O3S4. The maximum atomic E-state index is 12.2. The SMILES string of the molecule is CSc1nc(SC)nc(SNC(=O)NS(=O)(=O)c2ccccc2Cl)n1. The highest BCUT2D eigenvalue weighted by molar-refractivity contribution is 7.99. The average Bonchev–Trinajstić information content (AvgIpc) is 2.59. The first-order chi connectivity index (χ1) is 11.9. The van der Waals surface area contributed by atoms with Crippen molar-refractivity contribution in [1.82, 2.24) is 24.4 Å². The van der Waals surface area contributed by atoms with Crippen LogP contribution in [0.3, 0.4) is 0 Å². The molecule has 1 heterocycles. The van der Waals surface area contributed by atoms with Gasteiger partial charge in [0.2, 0.25) is 5.16 Å². The molecule has 0 fully saturated rings. The second-order valence-electron chi connectivity index (χ2n) is 4.16. The van der Waals surface area contributed by atoms with Gasteiger partial charge in [-0.05, 0) is 24.6 Å². The minimum absolute atomic E-state index is 0.0159. The van der Waals surface area contributed by atoms with Crippen molar-refractivity contribution in [2.45, 2.75) is 20.4 Å². The number of sulfonamides is 1. The summed E-state index contributed by atoms with van der Waals surface area (Å²) in [7, 11) is -4.09. The highest BCUT2D eigenvalue weighted by atomic mass is 35.5. The largest absolute Gasteiger partial charge is 0.339 e. The molecule has 0 bridgehead atoms. The number of hydrogen-bond donors (Lipinski definition) is 2. The monoisotopic (exact) mass is 437 g/mol. The van der Waals surface area contributed by atoms with Crippen LogP contribution in [0, 0.1) is 0 Å². The van der Waals surface area contributed by atoms with E-state index in [9.17, 15) is 13.2 Å². The van der Waals surface area contributed by atoms with Gasteiger partial charge in [-0.25, -0.2) is 17.9 Å². The summed E-state index contributed by atoms with van der Waals surface area (Å²) >= 11 is 9.28. The van der Waals surface area contributed by atoms with Crippen molar-refractivity contribution in [3.05, 3.63) is 29.3 Å². The molecule has 25 heavy (non-hydrogen) atoms. The van der Waals surface area contributed by atoms with Gasteiger partial charge in [0.25, 0.3) is 10.0 Å². The highest BCUT2D eigenvalue weighted by Gasteiger charge is 2.20. The molecule has 0 aliphatic heterocycles. The van der Waals surface area contributed by atoms with E-state index in [0.717, 1.165) is 11.9 Å². The van der Waals surface area contributed by atoms with Gasteiger partial charge < -0.3 is 0 Å². The second-order valence-corrected chi connectivity index (χ2v) is 8.54. The molecule has 0 aliphatic carbocycles. The van der Waals surface area contributed by atoms with E-state index in [2.05, 4.69) is 19.7 Å². The molecule has 0 saturated carbocycles. The fraction of sp³-hybridized carbons (Fsp3) is 0.167. The van der Waals surface area contributed by atoms with Gasteiger partial charge in [0.15, 0.2) is 10.3 Å². The summed E-state index contributed by atoms with van der Waals surface area (Å²) in [6.07, 6.45) is 3.62. The molecule has 0 spiro atoms. The molecule has 0 atom stereocenters. The summed E-state index contributed by atoms with van der Waals surface area (Å²) < 4.78 is 28.5. The zero-order valence-corrected chi connectivity index (χ0v) is 16.9. The van der Waals surface area contributed by atoms with Crippen LogP contribution in [0.5, 0.6) is 0 Å². The zero-order valence-electron chi connectivity index (χ0n) is 12.9. The molecule has 2 aromatic rings. The molecule has 8 nitrogen and oxygen atoms in total. The Kier molecular flexibility index (Phi) is 7.19. The fourth-order valence-corrected chi connectivity index (χ4v) is 4.38. The maximum Gasteiger partial charge on any atom is 0.339 e. The molecule has 2 N–H and O–H groups in total. The molecule has 0 unspecified atom stereocenters. The van der Waals surface area contributed by atoms with Gasteiger partial charge in [-0.1, -0.05) is 47.3 Å². The van der Waals surface area contributed by atoms with E-state index in [0.29, 0.717) is 10.3 Å². The lowest BCUT2D eigenvalue weighted by Gasteiger charge is -2.09. The summed E-state index contributed by atoms with van der Waals surface area (Å²) in [6.45, 7) is 0. The lowest BCUT2D eigenvalue weighted by atomic mass is 10.4. The van der Waals surface area contributed by atoms with Crippen LogP contribution < -0.4 is 9.44 Å². The van der Waals surface area contributed by atoms with E-state index < -0.39 is 16.1 Å². The summed E-state index contributed by atoms with van der Waals surface area (Å²) in [5.74, 6) is 0. The maximum absolute atomic E-state index is 12.2. The van der Waals surface area contributed by atoms with E-state index >= 15 is 0 Å². The van der Waals surface area contributed by atoms with Crippen LogP contribution in [0.15, 0.2) is 44.6 Å². The van der Waals surface area contributed by atoms with Gasteiger partial charge >= 0.3 is 6.03 Å². The normalized spacial score (nSPS) is 11.2. The Hall–Kier alpha value is -1.21. The van der Waals surface area contributed by atoms with Crippen LogP contribution in [-0.2, 0) is 10.0 Å². The smallest absolute Gasteiger partial charge is 0.274 e. The minimum atomic E-state index is -4.09. The van der Waals surface area contributed by atoms with E-state index in [4.69, 9.17) is 11.6 Å². The minimum Gasteiger partial charge on any atom is -0.274 e. The summed E-state index contributed by atoms with van der Waals surface area (Å²) in [4.78, 5) is 24.1. The van der Waals surface area contributed by atoms with Gasteiger partial charge in [-0.2, -0.15) is 15.0 Å². The quantitative estimate of drug-likeness (QED) is 0.519. The third-order valence-corrected chi connectivity index (χ3v) is 6.11. The number of benzene rings is 1. The number of nitrogens with zero attached hydrogens (tertiary/aromatic N) is 3. The number of carbonyl (C=O) groups excluding carboxylic acids is 1. The topological polar surface area (TPSA) is 114 Å². The van der Waals surface area contributed by atoms with Gasteiger partial charge in [0.1, 0.15) is 4.90 Å². The van der Waals surface area contributed by atoms with E-state index in [-0.39, 0.29) is 15.1 Å². The van der Waals surface area contributed by atoms with Crippen molar-refractivity contribution >= 4 is 63.1 Å². The van der Waals surface area contributed by atoms with Crippen molar-refractivity contribution in [3.63, 3.8) is 0 Å². The van der Waals surface area contributed by atoms with E-state index in [1.54, 1.807) is 6.07 Å². The average molecular weight is 438 g/mol. The third kappa shape index (κ3) is 5.64. The first-order valence-corrected chi connectivity index (χ1v) is 11.6. The van der Waals surface area contributed by atoms with Crippen molar-refractivity contribution in [2.75, 3.05) is 12.5 Å². The van der Waals surface area contributed by atoms with E-state index in [1.807, 2.05) is 17.2 Å². The van der Waals surface area contributed by atoms with Crippen LogP contribution in [-0.4, -0.2) is 41.9 Å². The van der Waals surface area contributed by atoms with Crippen molar-refractivity contribution in [1.29, 1.82) is 0 Å². The van der Waals surface area contributed by atoms with Crippen molar-refractivity contribution in [2.24, 2.45) is 0 Å². The predicted molar refractivity (Wildman–Crippen MR) is 99.6 cm³/mol. The number of urea groups is 1. The molecule has 13 heteroatoms. The standard InChI is InChI=1S/C12H12ClN5O3S4/c1-22-10-14-11(23-2)16-12(15-10)24-17-9(19)18-25(20,21)8-6-4-3-5-7(8)13/h3-6H,1-2H3,(H2,17,18,19). The highest BCUT2D eigenvalue weighted by Crippen LogP contribution is 2.21. The Labute approximate surface area is 162 Å². The lowest BCUT2D eigenvalue weighted by molar-refractivity contribution is 0.251. The van der Waals surface area contributed by atoms with Crippen LogP contribution in [0.4, 0.5) is 4.79 Å². The lowest BCUT2D eigenvalue weighted by Crippen LogP contribution is -2.36. The summed E-state index contributed by atoms with van der Waals surface area (Å²) in [5, 5.41) is 1.25. The fourth-order valence-electron chi connectivity index (χ4n) is 1.50. The third-order valence-electron chi connectivity index (χ3n) is 2.53. The molecule has 134 valence electrons. The zero-order chi connectivity index (χ0) is 18.4. The predicted octanol–water partition coefficient (Wildman–Crippen LogP) is 2.66. The van der Waals surface area contributed by atoms with Gasteiger partial charge in [0, 0.05) is 11.9 Å². The Morgan fingerprint density at radius 1 is 1.04 bits per heavy atom. The van der Waals surface area contributed by atoms with Crippen molar-refractivity contribution in [3.8, 4) is 0 Å². The Balaban J connectivity index is 2.05. The number of nitrogens with one attached hydrogen (secondary N) is 2. The van der Waals surface area contributed by atoms with Gasteiger partial charge in [0.05, 0.1) is 5.02 Å². The van der Waals surface area contributed by atoms with Crippen LogP contribution in [0.25, 0.3) is 0 Å². The molecule has 2 rings (SSSR count). The number of hydrogen-bond acceptors (Lipinski definition) is 9. The second kappa shape index (κ2) is 8.94. The Morgan fingerprint density at radius 2 is 1.60 bits per heavy atom. The molecule has 2 amide bonds. The molecule has 0 aliphatic rings. The first-order valence-electron chi connectivity index (χ1n) is 6.44. The molecular weight excluding hydrogens is 426 g/mol. The Bertz CT molecular complexity index is 859. The van der Waals surface area contributed by atoms with Gasteiger partial charge in [-0.3, -0.25) is 4.72 Å². The Morgan fingerprint density at radius 3 is 2.16 bits per heavy atom. The number of aromatic nitrogens is 3. The van der Waals surface area contributed by atoms with Gasteiger partial charge in [-0.15, -0.1) is 0 Å². The number of rotatable bonds is 6. The number of thioether (sulfide) groups is 2. The number of amides is 2. The van der Waals surface area contributed by atoms with E-state index in [1.165, 1.54) is 41.7 Å². The molecule has 0 saturated heterocycles. The first kappa shape index (κ1) is 20.1. The van der Waals surface area contributed by atoms with Crippen LogP contribution in [0.2, 0.25) is 5.02 Å². The summed E-state index contributed by atoms with van der Waals surface area (Å²) in [5.41, 5.74) is 0. The summed E-state index contributed by atoms with van der Waals surface area (Å²) in [6, 6.07) is 4.87. The number of halogens is 1. The van der Waals surface area contributed by atoms with Crippen LogP contribution >= 0.6 is 47.1 Å². The molecule has 1 aromatic carbocycles. The van der Waals surface area contributed by atoms with Crippen molar-refractivity contribution < 1.29 is 13.2 Å².